The van der Waals surface area contributed by atoms with Crippen molar-refractivity contribution in [3.63, 3.8) is 0 Å². The van der Waals surface area contributed by atoms with Crippen LogP contribution in [0.4, 0.5) is 4.79 Å². The van der Waals surface area contributed by atoms with Crippen molar-refractivity contribution in [3.05, 3.63) is 77.1 Å². The summed E-state index contributed by atoms with van der Waals surface area (Å²) >= 11 is 0. The van der Waals surface area contributed by atoms with E-state index in [1.165, 1.54) is 10.9 Å². The van der Waals surface area contributed by atoms with Crippen molar-refractivity contribution >= 4 is 18.0 Å². The van der Waals surface area contributed by atoms with Gasteiger partial charge in [-0.25, -0.2) is 9.59 Å². The third kappa shape index (κ3) is 4.62. The number of rotatable bonds is 8. The van der Waals surface area contributed by atoms with Gasteiger partial charge in [0.25, 0.3) is 5.91 Å². The van der Waals surface area contributed by atoms with Gasteiger partial charge in [0, 0.05) is 13.0 Å². The number of carboxylic acids is 1. The van der Waals surface area contributed by atoms with Crippen LogP contribution in [-0.2, 0) is 23.1 Å². The number of aryl methyl sites for hydroxylation is 1. The van der Waals surface area contributed by atoms with Gasteiger partial charge in [-0.1, -0.05) is 48.5 Å². The van der Waals surface area contributed by atoms with Crippen LogP contribution in [0.2, 0.25) is 0 Å². The van der Waals surface area contributed by atoms with E-state index in [2.05, 4.69) is 27.9 Å². The van der Waals surface area contributed by atoms with Gasteiger partial charge in [-0.2, -0.15) is 5.10 Å². The molecule has 1 heterocycles. The zero-order chi connectivity index (χ0) is 24.2. The number of benzene rings is 2. The molecule has 1 aliphatic rings. The number of alkyl carbamates (subject to hydrolysis) is 1. The Hall–Kier alpha value is -4.18. The fourth-order valence-corrected chi connectivity index (χ4v) is 4.04. The van der Waals surface area contributed by atoms with E-state index in [1.54, 1.807) is 7.05 Å². The van der Waals surface area contributed by atoms with Gasteiger partial charge in [0.05, 0.1) is 30.5 Å². The predicted octanol–water partition coefficient (Wildman–Crippen LogP) is 1.63. The van der Waals surface area contributed by atoms with E-state index in [4.69, 9.17) is 9.84 Å². The molecule has 3 aromatic rings. The van der Waals surface area contributed by atoms with Gasteiger partial charge in [-0.05, 0) is 22.3 Å². The highest BCUT2D eigenvalue weighted by Crippen LogP contribution is 2.44. The van der Waals surface area contributed by atoms with Gasteiger partial charge in [-0.3, -0.25) is 9.48 Å². The maximum atomic E-state index is 12.4. The molecule has 0 radical (unpaired) electrons. The number of aliphatic hydroxyl groups is 1. The van der Waals surface area contributed by atoms with E-state index in [-0.39, 0.29) is 24.6 Å². The summed E-state index contributed by atoms with van der Waals surface area (Å²) in [5.41, 5.74) is 5.02. The van der Waals surface area contributed by atoms with Crippen molar-refractivity contribution < 1.29 is 29.3 Å². The molecule has 1 atom stereocenters. The first-order chi connectivity index (χ1) is 16.4. The zero-order valence-electron chi connectivity index (χ0n) is 18.4. The highest BCUT2D eigenvalue weighted by Gasteiger charge is 2.29. The second kappa shape index (κ2) is 9.75. The summed E-state index contributed by atoms with van der Waals surface area (Å²) in [5.74, 6) is -2.13. The molecule has 1 aromatic heterocycles. The lowest BCUT2D eigenvalue weighted by Crippen LogP contribution is -2.37. The van der Waals surface area contributed by atoms with Gasteiger partial charge < -0.3 is 25.6 Å². The second-order valence-corrected chi connectivity index (χ2v) is 7.87. The first-order valence-electron chi connectivity index (χ1n) is 10.7. The lowest BCUT2D eigenvalue weighted by atomic mass is 9.98. The minimum Gasteiger partial charge on any atom is -0.479 e. The number of carbonyl (C=O) groups excluding carboxylic acids is 2. The highest BCUT2D eigenvalue weighted by molar-refractivity contribution is 5.95. The van der Waals surface area contributed by atoms with E-state index in [0.29, 0.717) is 5.69 Å². The molecule has 0 spiro atoms. The number of carboxylic acid groups (broad SMARTS) is 1. The SMILES string of the molecule is Cn1ncc(C(=O)NCC(O)C(=O)O)c1CNC(=O)OCC1c2ccccc2-c2ccccc21. The summed E-state index contributed by atoms with van der Waals surface area (Å²) < 4.78 is 6.93. The van der Waals surface area contributed by atoms with Crippen LogP contribution in [0.1, 0.15) is 33.1 Å². The summed E-state index contributed by atoms with van der Waals surface area (Å²) in [6.07, 6.45) is -1.06. The van der Waals surface area contributed by atoms with E-state index < -0.39 is 30.6 Å². The van der Waals surface area contributed by atoms with Crippen molar-refractivity contribution in [2.24, 2.45) is 7.05 Å². The Balaban J connectivity index is 1.36. The maximum absolute atomic E-state index is 12.4. The molecular formula is C24H24N4O6. The molecule has 1 unspecified atom stereocenters. The van der Waals surface area contributed by atoms with Crippen LogP contribution in [0, 0.1) is 0 Å². The Morgan fingerprint density at radius 2 is 1.68 bits per heavy atom. The summed E-state index contributed by atoms with van der Waals surface area (Å²) in [6, 6.07) is 16.1. The van der Waals surface area contributed by atoms with Gasteiger partial charge >= 0.3 is 12.1 Å². The predicted molar refractivity (Wildman–Crippen MR) is 121 cm³/mol. The Bertz CT molecular complexity index is 1190. The minimum absolute atomic E-state index is 0.0303. The second-order valence-electron chi connectivity index (χ2n) is 7.87. The van der Waals surface area contributed by atoms with Crippen molar-refractivity contribution in [2.75, 3.05) is 13.2 Å². The smallest absolute Gasteiger partial charge is 0.407 e. The quantitative estimate of drug-likeness (QED) is 0.397. The molecule has 34 heavy (non-hydrogen) atoms. The van der Waals surface area contributed by atoms with Crippen LogP contribution in [0.3, 0.4) is 0 Å². The van der Waals surface area contributed by atoms with Crippen molar-refractivity contribution in [2.45, 2.75) is 18.6 Å². The number of hydrogen-bond acceptors (Lipinski definition) is 6. The Morgan fingerprint density at radius 3 is 2.29 bits per heavy atom. The van der Waals surface area contributed by atoms with Gasteiger partial charge in [0.1, 0.15) is 6.61 Å². The van der Waals surface area contributed by atoms with Crippen LogP contribution in [0.5, 0.6) is 0 Å². The Labute approximate surface area is 195 Å². The number of carbonyl (C=O) groups is 3. The number of hydrogen-bond donors (Lipinski definition) is 4. The fourth-order valence-electron chi connectivity index (χ4n) is 4.04. The number of aromatic nitrogens is 2. The molecule has 4 rings (SSSR count). The van der Waals surface area contributed by atoms with Crippen LogP contribution in [0.25, 0.3) is 11.1 Å². The lowest BCUT2D eigenvalue weighted by molar-refractivity contribution is -0.146. The highest BCUT2D eigenvalue weighted by atomic mass is 16.5. The average molecular weight is 464 g/mol. The topological polar surface area (TPSA) is 143 Å². The average Bonchev–Trinajstić information content (AvgIpc) is 3.37. The molecule has 0 saturated heterocycles. The Morgan fingerprint density at radius 1 is 1.06 bits per heavy atom. The normalized spacial score (nSPS) is 13.0. The molecule has 0 bridgehead atoms. The van der Waals surface area contributed by atoms with Crippen molar-refractivity contribution in [3.8, 4) is 11.1 Å². The van der Waals surface area contributed by atoms with Crippen molar-refractivity contribution in [1.82, 2.24) is 20.4 Å². The van der Waals surface area contributed by atoms with E-state index in [9.17, 15) is 19.5 Å². The number of ether oxygens (including phenoxy) is 1. The number of aliphatic hydroxyl groups excluding tert-OH is 1. The molecule has 4 N–H and O–H groups in total. The monoisotopic (exact) mass is 464 g/mol. The third-order valence-corrected chi connectivity index (χ3v) is 5.79. The molecule has 0 saturated carbocycles. The van der Waals surface area contributed by atoms with Crippen LogP contribution >= 0.6 is 0 Å². The van der Waals surface area contributed by atoms with E-state index in [0.717, 1.165) is 22.3 Å². The summed E-state index contributed by atoms with van der Waals surface area (Å²) in [4.78, 5) is 35.5. The number of nitrogens with one attached hydrogen (secondary N) is 2. The maximum Gasteiger partial charge on any atom is 0.407 e. The zero-order valence-corrected chi connectivity index (χ0v) is 18.4. The first-order valence-corrected chi connectivity index (χ1v) is 10.7. The third-order valence-electron chi connectivity index (χ3n) is 5.79. The number of amides is 2. The molecule has 0 fully saturated rings. The molecule has 176 valence electrons. The van der Waals surface area contributed by atoms with Crippen molar-refractivity contribution in [1.29, 1.82) is 0 Å². The van der Waals surface area contributed by atoms with Gasteiger partial charge in [-0.15, -0.1) is 0 Å². The van der Waals surface area contributed by atoms with Gasteiger partial charge in [0.15, 0.2) is 6.10 Å². The molecule has 0 aliphatic heterocycles. The molecule has 2 aromatic carbocycles. The molecule has 1 aliphatic carbocycles. The largest absolute Gasteiger partial charge is 0.479 e. The number of fused-ring (bicyclic) bond motifs is 3. The first kappa shape index (κ1) is 23.0. The van der Waals surface area contributed by atoms with E-state index >= 15 is 0 Å². The number of nitrogens with zero attached hydrogens (tertiary/aromatic N) is 2. The van der Waals surface area contributed by atoms with E-state index in [1.807, 2.05) is 36.4 Å². The summed E-state index contributed by atoms with van der Waals surface area (Å²) in [6.45, 7) is -0.328. The minimum atomic E-state index is -1.72. The van der Waals surface area contributed by atoms with Crippen LogP contribution < -0.4 is 10.6 Å². The lowest BCUT2D eigenvalue weighted by Gasteiger charge is -2.15. The number of aliphatic carboxylic acids is 1. The Kier molecular flexibility index (Phi) is 6.60. The molecule has 2 amide bonds. The fraction of sp³-hybridized carbons (Fsp3) is 0.250. The van der Waals surface area contributed by atoms with Crippen LogP contribution in [-0.4, -0.2) is 57.2 Å². The standard InChI is InChI=1S/C24H24N4O6/c1-28-20(18(10-27-28)22(30)25-12-21(29)23(31)32)11-26-24(33)34-13-19-16-8-4-2-6-14(16)15-7-3-5-9-17(15)19/h2-10,19,21,29H,11-13H2,1H3,(H,25,30)(H,26,33)(H,31,32). The molecular weight excluding hydrogens is 440 g/mol. The molecule has 10 heteroatoms. The molecule has 10 nitrogen and oxygen atoms in total. The summed E-state index contributed by atoms with van der Waals surface area (Å²) in [5, 5.41) is 27.1. The summed E-state index contributed by atoms with van der Waals surface area (Å²) in [7, 11) is 1.61. The van der Waals surface area contributed by atoms with Gasteiger partial charge in [0.2, 0.25) is 0 Å². The van der Waals surface area contributed by atoms with Crippen LogP contribution in [0.15, 0.2) is 54.7 Å².